The zero-order valence-corrected chi connectivity index (χ0v) is 12.2. The molecule has 0 aliphatic rings. The van der Waals surface area contributed by atoms with E-state index < -0.39 is 0 Å². The van der Waals surface area contributed by atoms with Gasteiger partial charge in [-0.25, -0.2) is 0 Å². The summed E-state index contributed by atoms with van der Waals surface area (Å²) >= 11 is 0. The van der Waals surface area contributed by atoms with Crippen LogP contribution < -0.4 is 15.8 Å². The highest BCUT2D eigenvalue weighted by Crippen LogP contribution is 2.27. The van der Waals surface area contributed by atoms with Crippen molar-refractivity contribution in [3.05, 3.63) is 18.2 Å². The zero-order chi connectivity index (χ0) is 15.1. The van der Waals surface area contributed by atoms with Crippen LogP contribution in [0.4, 0.5) is 11.4 Å². The molecular weight excluding hydrogens is 258 g/mol. The van der Waals surface area contributed by atoms with Crippen molar-refractivity contribution in [3.8, 4) is 5.75 Å². The van der Waals surface area contributed by atoms with Gasteiger partial charge >= 0.3 is 0 Å². The molecule has 0 saturated carbocycles. The highest BCUT2D eigenvalue weighted by atomic mass is 16.5. The molecule has 6 nitrogen and oxygen atoms in total. The Hall–Kier alpha value is -1.79. The van der Waals surface area contributed by atoms with Crippen LogP contribution in [-0.4, -0.2) is 49.3 Å². The summed E-state index contributed by atoms with van der Waals surface area (Å²) in [5.74, 6) is 0.393. The SMILES string of the molecule is CCC(C(=O)Nc1ccc(N)cc1OC)N(C)CCO. The van der Waals surface area contributed by atoms with Crippen molar-refractivity contribution in [2.45, 2.75) is 19.4 Å². The van der Waals surface area contributed by atoms with E-state index in [0.29, 0.717) is 30.1 Å². The van der Waals surface area contributed by atoms with Crippen molar-refractivity contribution in [2.75, 3.05) is 38.4 Å². The molecule has 6 heteroatoms. The van der Waals surface area contributed by atoms with E-state index in [0.717, 1.165) is 0 Å². The molecule has 0 fully saturated rings. The average molecular weight is 281 g/mol. The Labute approximate surface area is 119 Å². The number of nitrogens with one attached hydrogen (secondary N) is 1. The number of nitrogens with zero attached hydrogens (tertiary/aromatic N) is 1. The zero-order valence-electron chi connectivity index (χ0n) is 12.2. The second-order valence-corrected chi connectivity index (χ2v) is 4.58. The highest BCUT2D eigenvalue weighted by Gasteiger charge is 2.21. The topological polar surface area (TPSA) is 87.8 Å². The highest BCUT2D eigenvalue weighted by molar-refractivity contribution is 5.96. The Morgan fingerprint density at radius 1 is 1.55 bits per heavy atom. The Balaban J connectivity index is 2.83. The van der Waals surface area contributed by atoms with E-state index in [9.17, 15) is 4.79 Å². The van der Waals surface area contributed by atoms with Crippen LogP contribution in [-0.2, 0) is 4.79 Å². The minimum atomic E-state index is -0.301. The molecule has 4 N–H and O–H groups in total. The molecule has 1 amide bonds. The van der Waals surface area contributed by atoms with Crippen LogP contribution in [0.2, 0.25) is 0 Å². The van der Waals surface area contributed by atoms with Crippen LogP contribution in [0.3, 0.4) is 0 Å². The van der Waals surface area contributed by atoms with Gasteiger partial charge in [-0.05, 0) is 25.6 Å². The third-order valence-corrected chi connectivity index (χ3v) is 3.16. The number of methoxy groups -OCH3 is 1. The number of aliphatic hydroxyl groups is 1. The van der Waals surface area contributed by atoms with E-state index in [1.54, 1.807) is 18.2 Å². The summed E-state index contributed by atoms with van der Waals surface area (Å²) in [5.41, 5.74) is 6.84. The van der Waals surface area contributed by atoms with Crippen molar-refractivity contribution in [2.24, 2.45) is 0 Å². The molecule has 20 heavy (non-hydrogen) atoms. The van der Waals surface area contributed by atoms with E-state index in [1.165, 1.54) is 7.11 Å². The van der Waals surface area contributed by atoms with Crippen LogP contribution in [0, 0.1) is 0 Å². The lowest BCUT2D eigenvalue weighted by atomic mass is 10.1. The minimum Gasteiger partial charge on any atom is -0.494 e. The van der Waals surface area contributed by atoms with Gasteiger partial charge in [0.15, 0.2) is 0 Å². The molecule has 1 unspecified atom stereocenters. The fourth-order valence-electron chi connectivity index (χ4n) is 2.04. The number of nitrogens with two attached hydrogens (primary N) is 1. The fourth-order valence-corrected chi connectivity index (χ4v) is 2.04. The molecule has 0 radical (unpaired) electrons. The molecular formula is C14H23N3O3. The molecule has 0 saturated heterocycles. The number of ether oxygens (including phenoxy) is 1. The second kappa shape index (κ2) is 7.72. The maximum Gasteiger partial charge on any atom is 0.241 e. The quantitative estimate of drug-likeness (QED) is 0.647. The van der Waals surface area contributed by atoms with Gasteiger partial charge in [-0.3, -0.25) is 9.69 Å². The van der Waals surface area contributed by atoms with Gasteiger partial charge in [0.05, 0.1) is 25.4 Å². The summed E-state index contributed by atoms with van der Waals surface area (Å²) in [6.45, 7) is 2.40. The summed E-state index contributed by atoms with van der Waals surface area (Å²) in [4.78, 5) is 14.1. The molecule has 0 bridgehead atoms. The summed E-state index contributed by atoms with van der Waals surface area (Å²) in [7, 11) is 3.34. The molecule has 0 spiro atoms. The molecule has 0 heterocycles. The molecule has 0 aliphatic heterocycles. The average Bonchev–Trinajstić information content (AvgIpc) is 2.41. The Morgan fingerprint density at radius 3 is 2.80 bits per heavy atom. The van der Waals surface area contributed by atoms with Crippen molar-refractivity contribution in [1.82, 2.24) is 4.90 Å². The lowest BCUT2D eigenvalue weighted by Gasteiger charge is -2.25. The summed E-state index contributed by atoms with van der Waals surface area (Å²) in [6.07, 6.45) is 0.652. The van der Waals surface area contributed by atoms with Crippen molar-refractivity contribution in [1.29, 1.82) is 0 Å². The van der Waals surface area contributed by atoms with Gasteiger partial charge in [-0.2, -0.15) is 0 Å². The van der Waals surface area contributed by atoms with Gasteiger partial charge in [0.25, 0.3) is 0 Å². The molecule has 1 aromatic carbocycles. The summed E-state index contributed by atoms with van der Waals surface area (Å²) < 4.78 is 5.20. The first-order chi connectivity index (χ1) is 9.53. The molecule has 1 aromatic rings. The number of amides is 1. The maximum atomic E-state index is 12.3. The predicted octanol–water partition coefficient (Wildman–Crippen LogP) is 0.919. The summed E-state index contributed by atoms with van der Waals surface area (Å²) in [6, 6.07) is 4.78. The Kier molecular flexibility index (Phi) is 6.27. The molecule has 0 aromatic heterocycles. The number of anilines is 2. The number of carbonyl (C=O) groups is 1. The number of benzene rings is 1. The first kappa shape index (κ1) is 16.3. The van der Waals surface area contributed by atoms with Crippen LogP contribution in [0.5, 0.6) is 5.75 Å². The van der Waals surface area contributed by atoms with E-state index in [2.05, 4.69) is 5.32 Å². The number of hydrogen-bond donors (Lipinski definition) is 3. The van der Waals surface area contributed by atoms with E-state index in [1.807, 2.05) is 18.9 Å². The van der Waals surface area contributed by atoms with Crippen LogP contribution in [0.15, 0.2) is 18.2 Å². The van der Waals surface area contributed by atoms with Crippen LogP contribution >= 0.6 is 0 Å². The second-order valence-electron chi connectivity index (χ2n) is 4.58. The lowest BCUT2D eigenvalue weighted by Crippen LogP contribution is -2.42. The normalized spacial score (nSPS) is 12.2. The predicted molar refractivity (Wildman–Crippen MR) is 79.8 cm³/mol. The van der Waals surface area contributed by atoms with E-state index >= 15 is 0 Å². The monoisotopic (exact) mass is 281 g/mol. The maximum absolute atomic E-state index is 12.3. The van der Waals surface area contributed by atoms with Gasteiger partial charge in [0.1, 0.15) is 5.75 Å². The van der Waals surface area contributed by atoms with Gasteiger partial charge < -0.3 is 20.9 Å². The molecule has 112 valence electrons. The standard InChI is InChI=1S/C14H23N3O3/c1-4-12(17(2)7-8-18)14(19)16-11-6-5-10(15)9-13(11)20-3/h5-6,9,12,18H,4,7-8,15H2,1-3H3,(H,16,19). The smallest absolute Gasteiger partial charge is 0.241 e. The van der Waals surface area contributed by atoms with Gasteiger partial charge in [0.2, 0.25) is 5.91 Å². The lowest BCUT2D eigenvalue weighted by molar-refractivity contribution is -0.121. The van der Waals surface area contributed by atoms with E-state index in [-0.39, 0.29) is 18.6 Å². The van der Waals surface area contributed by atoms with Crippen LogP contribution in [0.1, 0.15) is 13.3 Å². The Morgan fingerprint density at radius 2 is 2.25 bits per heavy atom. The number of rotatable bonds is 7. The number of hydrogen-bond acceptors (Lipinski definition) is 5. The molecule has 1 rings (SSSR count). The number of carbonyl (C=O) groups excluding carboxylic acids is 1. The summed E-state index contributed by atoms with van der Waals surface area (Å²) in [5, 5.41) is 11.8. The van der Waals surface area contributed by atoms with Gasteiger partial charge in [0, 0.05) is 18.3 Å². The molecule has 1 atom stereocenters. The van der Waals surface area contributed by atoms with Gasteiger partial charge in [-0.1, -0.05) is 6.92 Å². The number of likely N-dealkylation sites (N-methyl/N-ethyl adjacent to an activating group) is 1. The molecule has 0 aliphatic carbocycles. The van der Waals surface area contributed by atoms with Gasteiger partial charge in [-0.15, -0.1) is 0 Å². The first-order valence-electron chi connectivity index (χ1n) is 6.59. The van der Waals surface area contributed by atoms with Crippen LogP contribution in [0.25, 0.3) is 0 Å². The number of aliphatic hydroxyl groups excluding tert-OH is 1. The third-order valence-electron chi connectivity index (χ3n) is 3.16. The van der Waals surface area contributed by atoms with E-state index in [4.69, 9.17) is 15.6 Å². The fraction of sp³-hybridized carbons (Fsp3) is 0.500. The largest absolute Gasteiger partial charge is 0.494 e. The number of nitrogen functional groups attached to an aromatic ring is 1. The first-order valence-corrected chi connectivity index (χ1v) is 6.59. The van der Waals surface area contributed by atoms with Crippen molar-refractivity contribution in [3.63, 3.8) is 0 Å². The Bertz CT molecular complexity index is 451. The van der Waals surface area contributed by atoms with Crippen molar-refractivity contribution < 1.29 is 14.6 Å². The third kappa shape index (κ3) is 4.11. The van der Waals surface area contributed by atoms with Crippen molar-refractivity contribution >= 4 is 17.3 Å². The minimum absolute atomic E-state index is 0.0193.